The van der Waals surface area contributed by atoms with Gasteiger partial charge in [-0.1, -0.05) is 12.1 Å². The van der Waals surface area contributed by atoms with Crippen LogP contribution in [0.25, 0.3) is 0 Å². The number of amides is 2. The van der Waals surface area contributed by atoms with Crippen molar-refractivity contribution in [1.29, 1.82) is 0 Å². The molecule has 0 atom stereocenters. The standard InChI is InChI=1S/C17H25N3O3.ClH/c1-18-15(21)14-6-4-13(5-7-14)12-20(2)16(22)17(23-3)8-10-19-11-9-17;/h4-7,19H,8-12H2,1-3H3,(H,18,21);1H. The zero-order valence-electron chi connectivity index (χ0n) is 14.4. The fraction of sp³-hybridized carbons (Fsp3) is 0.529. The highest BCUT2D eigenvalue weighted by Crippen LogP contribution is 2.25. The predicted molar refractivity (Wildman–Crippen MR) is 95.4 cm³/mol. The van der Waals surface area contributed by atoms with Crippen molar-refractivity contribution < 1.29 is 14.3 Å². The number of benzene rings is 1. The maximum atomic E-state index is 12.8. The van der Waals surface area contributed by atoms with Crippen molar-refractivity contribution in [3.05, 3.63) is 35.4 Å². The first kappa shape index (κ1) is 20.4. The summed E-state index contributed by atoms with van der Waals surface area (Å²) >= 11 is 0. The minimum absolute atomic E-state index is 0. The first-order chi connectivity index (χ1) is 11.0. The third kappa shape index (κ3) is 4.47. The van der Waals surface area contributed by atoms with Crippen LogP contribution in [-0.2, 0) is 16.1 Å². The number of rotatable bonds is 5. The fourth-order valence-corrected chi connectivity index (χ4v) is 2.94. The topological polar surface area (TPSA) is 70.7 Å². The van der Waals surface area contributed by atoms with Crippen LogP contribution in [-0.4, -0.2) is 56.6 Å². The van der Waals surface area contributed by atoms with Gasteiger partial charge in [-0.2, -0.15) is 0 Å². The first-order valence-electron chi connectivity index (χ1n) is 7.85. The van der Waals surface area contributed by atoms with E-state index in [1.54, 1.807) is 38.2 Å². The number of carbonyl (C=O) groups is 2. The number of methoxy groups -OCH3 is 1. The summed E-state index contributed by atoms with van der Waals surface area (Å²) in [6.45, 7) is 2.06. The summed E-state index contributed by atoms with van der Waals surface area (Å²) in [5.41, 5.74) is 0.868. The number of piperidine rings is 1. The van der Waals surface area contributed by atoms with Crippen molar-refractivity contribution in [2.45, 2.75) is 25.0 Å². The van der Waals surface area contributed by atoms with Crippen molar-refractivity contribution in [3.63, 3.8) is 0 Å². The van der Waals surface area contributed by atoms with Crippen LogP contribution >= 0.6 is 12.4 Å². The Hall–Kier alpha value is -1.63. The lowest BCUT2D eigenvalue weighted by Crippen LogP contribution is -2.54. The summed E-state index contributed by atoms with van der Waals surface area (Å²) in [6, 6.07) is 7.28. The van der Waals surface area contributed by atoms with Crippen molar-refractivity contribution in [2.75, 3.05) is 34.3 Å². The Labute approximate surface area is 149 Å². The second kappa shape index (κ2) is 9.01. The third-order valence-corrected chi connectivity index (χ3v) is 4.40. The molecular formula is C17H26ClN3O3. The monoisotopic (exact) mass is 355 g/mol. The van der Waals surface area contributed by atoms with Gasteiger partial charge in [0.1, 0.15) is 5.60 Å². The van der Waals surface area contributed by atoms with Gasteiger partial charge in [0.25, 0.3) is 11.8 Å². The zero-order chi connectivity index (χ0) is 16.9. The number of ether oxygens (including phenoxy) is 1. The van der Waals surface area contributed by atoms with Crippen LogP contribution < -0.4 is 10.6 Å². The Kier molecular flexibility index (Phi) is 7.66. The first-order valence-corrected chi connectivity index (χ1v) is 7.85. The van der Waals surface area contributed by atoms with Crippen LogP contribution in [0.5, 0.6) is 0 Å². The summed E-state index contributed by atoms with van der Waals surface area (Å²) in [5.74, 6) is -0.106. The fourth-order valence-electron chi connectivity index (χ4n) is 2.94. The van der Waals surface area contributed by atoms with Gasteiger partial charge in [0.2, 0.25) is 0 Å². The van der Waals surface area contributed by atoms with Gasteiger partial charge >= 0.3 is 0 Å². The van der Waals surface area contributed by atoms with Crippen LogP contribution in [0, 0.1) is 0 Å². The number of hydrogen-bond donors (Lipinski definition) is 2. The Morgan fingerprint density at radius 2 is 1.83 bits per heavy atom. The SMILES string of the molecule is CNC(=O)c1ccc(CN(C)C(=O)C2(OC)CCNCC2)cc1.Cl. The normalized spacial score (nSPS) is 16.0. The lowest BCUT2D eigenvalue weighted by atomic mass is 9.90. The molecule has 0 aliphatic carbocycles. The van der Waals surface area contributed by atoms with Gasteiger partial charge in [-0.25, -0.2) is 0 Å². The molecule has 0 bridgehead atoms. The molecule has 1 aromatic carbocycles. The quantitative estimate of drug-likeness (QED) is 0.832. The van der Waals surface area contributed by atoms with E-state index in [9.17, 15) is 9.59 Å². The molecular weight excluding hydrogens is 330 g/mol. The zero-order valence-corrected chi connectivity index (χ0v) is 15.2. The summed E-state index contributed by atoms with van der Waals surface area (Å²) in [4.78, 5) is 26.0. The summed E-state index contributed by atoms with van der Waals surface area (Å²) in [6.07, 6.45) is 1.37. The molecule has 2 amide bonds. The van der Waals surface area contributed by atoms with E-state index >= 15 is 0 Å². The number of nitrogens with one attached hydrogen (secondary N) is 2. The Morgan fingerprint density at radius 3 is 2.33 bits per heavy atom. The lowest BCUT2D eigenvalue weighted by Gasteiger charge is -2.37. The molecule has 134 valence electrons. The van der Waals surface area contributed by atoms with Crippen molar-refractivity contribution >= 4 is 24.2 Å². The Morgan fingerprint density at radius 1 is 1.25 bits per heavy atom. The third-order valence-electron chi connectivity index (χ3n) is 4.40. The van der Waals surface area contributed by atoms with E-state index in [0.29, 0.717) is 24.9 Å². The second-order valence-corrected chi connectivity index (χ2v) is 5.89. The highest BCUT2D eigenvalue weighted by molar-refractivity contribution is 5.94. The smallest absolute Gasteiger partial charge is 0.254 e. The molecule has 1 saturated heterocycles. The maximum Gasteiger partial charge on any atom is 0.254 e. The number of hydrogen-bond acceptors (Lipinski definition) is 4. The lowest BCUT2D eigenvalue weighted by molar-refractivity contribution is -0.157. The highest BCUT2D eigenvalue weighted by atomic mass is 35.5. The molecule has 24 heavy (non-hydrogen) atoms. The van der Waals surface area contributed by atoms with Gasteiger partial charge < -0.3 is 20.3 Å². The van der Waals surface area contributed by atoms with E-state index in [1.807, 2.05) is 12.1 Å². The van der Waals surface area contributed by atoms with Crippen LogP contribution in [0.4, 0.5) is 0 Å². The largest absolute Gasteiger partial charge is 0.368 e. The van der Waals surface area contributed by atoms with E-state index in [-0.39, 0.29) is 24.2 Å². The second-order valence-electron chi connectivity index (χ2n) is 5.89. The van der Waals surface area contributed by atoms with Crippen molar-refractivity contribution in [3.8, 4) is 0 Å². The molecule has 1 aliphatic rings. The number of nitrogens with zero attached hydrogens (tertiary/aromatic N) is 1. The van der Waals surface area contributed by atoms with Crippen molar-refractivity contribution in [2.24, 2.45) is 0 Å². The molecule has 1 heterocycles. The molecule has 0 spiro atoms. The van der Waals surface area contributed by atoms with Gasteiger partial charge in [0.05, 0.1) is 0 Å². The van der Waals surface area contributed by atoms with Gasteiger partial charge in [-0.15, -0.1) is 12.4 Å². The number of likely N-dealkylation sites (N-methyl/N-ethyl adjacent to an activating group) is 1. The highest BCUT2D eigenvalue weighted by Gasteiger charge is 2.41. The van der Waals surface area contributed by atoms with Crippen LogP contribution in [0.1, 0.15) is 28.8 Å². The number of halogens is 1. The van der Waals surface area contributed by atoms with E-state index in [1.165, 1.54) is 0 Å². The summed E-state index contributed by atoms with van der Waals surface area (Å²) in [5, 5.41) is 5.84. The van der Waals surface area contributed by atoms with E-state index in [4.69, 9.17) is 4.74 Å². The Balaban J connectivity index is 0.00000288. The molecule has 7 heteroatoms. The molecule has 1 fully saturated rings. The van der Waals surface area contributed by atoms with Gasteiger partial charge in [-0.3, -0.25) is 9.59 Å². The molecule has 1 aromatic rings. The van der Waals surface area contributed by atoms with E-state index < -0.39 is 5.60 Å². The molecule has 0 radical (unpaired) electrons. The average molecular weight is 356 g/mol. The molecule has 0 unspecified atom stereocenters. The van der Waals surface area contributed by atoms with Crippen molar-refractivity contribution in [1.82, 2.24) is 15.5 Å². The molecule has 2 rings (SSSR count). The molecule has 2 N–H and O–H groups in total. The number of carbonyl (C=O) groups excluding carboxylic acids is 2. The van der Waals surface area contributed by atoms with Crippen LogP contribution in [0.15, 0.2) is 24.3 Å². The van der Waals surface area contributed by atoms with Gasteiger partial charge in [-0.05, 0) is 43.6 Å². The average Bonchev–Trinajstić information content (AvgIpc) is 2.61. The minimum atomic E-state index is -0.720. The van der Waals surface area contributed by atoms with E-state index in [2.05, 4.69) is 10.6 Å². The van der Waals surface area contributed by atoms with Gasteiger partial charge in [0.15, 0.2) is 0 Å². The van der Waals surface area contributed by atoms with E-state index in [0.717, 1.165) is 18.7 Å². The van der Waals surface area contributed by atoms with Gasteiger partial charge in [0, 0.05) is 33.3 Å². The molecule has 1 aliphatic heterocycles. The summed E-state index contributed by atoms with van der Waals surface area (Å²) in [7, 11) is 5.00. The van der Waals surface area contributed by atoms with Crippen LogP contribution in [0.3, 0.4) is 0 Å². The molecule has 6 nitrogen and oxygen atoms in total. The minimum Gasteiger partial charge on any atom is -0.368 e. The molecule has 0 aromatic heterocycles. The Bertz CT molecular complexity index is 557. The predicted octanol–water partition coefficient (Wildman–Crippen LogP) is 1.19. The van der Waals surface area contributed by atoms with Crippen LogP contribution in [0.2, 0.25) is 0 Å². The maximum absolute atomic E-state index is 12.8. The summed E-state index contributed by atoms with van der Waals surface area (Å²) < 4.78 is 5.58. The molecule has 0 saturated carbocycles.